The summed E-state index contributed by atoms with van der Waals surface area (Å²) in [4.78, 5) is 22.7. The number of anilines is 1. The van der Waals surface area contributed by atoms with E-state index in [1.807, 2.05) is 20.8 Å². The largest absolute Gasteiger partial charge is 0.358 e. The predicted molar refractivity (Wildman–Crippen MR) is 76.6 cm³/mol. The number of amides is 3. The van der Waals surface area contributed by atoms with E-state index in [-0.39, 0.29) is 23.2 Å². The van der Waals surface area contributed by atoms with Crippen molar-refractivity contribution in [3.8, 4) is 0 Å². The Morgan fingerprint density at radius 1 is 1.32 bits per heavy atom. The summed E-state index contributed by atoms with van der Waals surface area (Å²) in [7, 11) is 1.58. The van der Waals surface area contributed by atoms with Crippen LogP contribution in [0, 0.1) is 0 Å². The Morgan fingerprint density at radius 2 is 2.00 bits per heavy atom. The molecular weight excluding hydrogens is 286 g/mol. The Labute approximate surface area is 119 Å². The minimum absolute atomic E-state index is 0.0832. The first-order valence-electron chi connectivity index (χ1n) is 5.56. The zero-order valence-electron chi connectivity index (χ0n) is 11.2. The first-order chi connectivity index (χ1) is 8.80. The highest BCUT2D eigenvalue weighted by atomic mass is 32.2. The van der Waals surface area contributed by atoms with Gasteiger partial charge in [-0.3, -0.25) is 10.1 Å². The van der Waals surface area contributed by atoms with Crippen molar-refractivity contribution < 1.29 is 9.59 Å². The number of thioether (sulfide) groups is 1. The molecule has 0 unspecified atom stereocenters. The number of urea groups is 1. The van der Waals surface area contributed by atoms with Gasteiger partial charge in [-0.1, -0.05) is 23.1 Å². The highest BCUT2D eigenvalue weighted by Gasteiger charge is 2.15. The van der Waals surface area contributed by atoms with Gasteiger partial charge in [-0.2, -0.15) is 0 Å². The van der Waals surface area contributed by atoms with Crippen molar-refractivity contribution in [1.82, 2.24) is 20.8 Å². The van der Waals surface area contributed by atoms with Crippen molar-refractivity contribution in [2.75, 3.05) is 18.1 Å². The molecule has 0 aliphatic rings. The summed E-state index contributed by atoms with van der Waals surface area (Å²) in [5, 5.41) is 16.0. The van der Waals surface area contributed by atoms with Crippen LogP contribution in [0.1, 0.15) is 20.8 Å². The van der Waals surface area contributed by atoms with Gasteiger partial charge in [-0.05, 0) is 20.8 Å². The van der Waals surface area contributed by atoms with Gasteiger partial charge in [0.2, 0.25) is 11.0 Å². The first-order valence-corrected chi connectivity index (χ1v) is 7.36. The second-order valence-electron chi connectivity index (χ2n) is 4.66. The number of nitrogens with zero attached hydrogens (tertiary/aromatic N) is 2. The zero-order valence-corrected chi connectivity index (χ0v) is 12.9. The highest BCUT2D eigenvalue weighted by molar-refractivity contribution is 8.01. The van der Waals surface area contributed by atoms with Crippen molar-refractivity contribution in [3.63, 3.8) is 0 Å². The third-order valence-corrected chi connectivity index (χ3v) is 3.69. The van der Waals surface area contributed by atoms with Crippen LogP contribution in [0.4, 0.5) is 9.93 Å². The van der Waals surface area contributed by atoms with E-state index >= 15 is 0 Å². The molecule has 7 nitrogen and oxygen atoms in total. The van der Waals surface area contributed by atoms with Crippen LogP contribution in [0.2, 0.25) is 0 Å². The molecule has 3 amide bonds. The van der Waals surface area contributed by atoms with E-state index in [4.69, 9.17) is 0 Å². The van der Waals surface area contributed by atoms with Crippen LogP contribution in [0.5, 0.6) is 0 Å². The lowest BCUT2D eigenvalue weighted by Crippen LogP contribution is -2.43. The van der Waals surface area contributed by atoms with Crippen LogP contribution in [-0.4, -0.2) is 40.5 Å². The fourth-order valence-corrected chi connectivity index (χ4v) is 2.61. The molecule has 0 saturated carbocycles. The summed E-state index contributed by atoms with van der Waals surface area (Å²) < 4.78 is 0.634. The molecule has 0 radical (unpaired) electrons. The smallest absolute Gasteiger partial charge is 0.321 e. The van der Waals surface area contributed by atoms with E-state index in [2.05, 4.69) is 26.1 Å². The van der Waals surface area contributed by atoms with Gasteiger partial charge in [0.05, 0.1) is 5.75 Å². The third-order valence-electron chi connectivity index (χ3n) is 1.72. The highest BCUT2D eigenvalue weighted by Crippen LogP contribution is 2.25. The average molecular weight is 303 g/mol. The number of aromatic nitrogens is 2. The second kappa shape index (κ2) is 6.71. The quantitative estimate of drug-likeness (QED) is 0.575. The molecule has 0 atom stereocenters. The van der Waals surface area contributed by atoms with E-state index in [0.717, 1.165) is 0 Å². The Hall–Kier alpha value is -1.35. The molecule has 1 rings (SSSR count). The van der Waals surface area contributed by atoms with E-state index in [9.17, 15) is 9.59 Å². The zero-order chi connectivity index (χ0) is 14.5. The molecule has 1 aromatic rings. The monoisotopic (exact) mass is 303 g/mol. The van der Waals surface area contributed by atoms with Crippen LogP contribution >= 0.6 is 23.1 Å². The van der Waals surface area contributed by atoms with Gasteiger partial charge < -0.3 is 10.6 Å². The van der Waals surface area contributed by atoms with Crippen molar-refractivity contribution in [2.24, 2.45) is 0 Å². The van der Waals surface area contributed by atoms with E-state index in [1.54, 1.807) is 7.05 Å². The summed E-state index contributed by atoms with van der Waals surface area (Å²) >= 11 is 2.50. The van der Waals surface area contributed by atoms with Gasteiger partial charge in [0.15, 0.2) is 4.34 Å². The lowest BCUT2D eigenvalue weighted by Gasteiger charge is -2.19. The van der Waals surface area contributed by atoms with Gasteiger partial charge in [-0.25, -0.2) is 4.79 Å². The molecule has 0 bridgehead atoms. The molecule has 3 N–H and O–H groups in total. The number of nitrogens with one attached hydrogen (secondary N) is 3. The molecule has 0 fully saturated rings. The summed E-state index contributed by atoms with van der Waals surface area (Å²) in [6.07, 6.45) is 0. The predicted octanol–water partition coefficient (Wildman–Crippen LogP) is 1.30. The normalized spacial score (nSPS) is 10.9. The second-order valence-corrected chi connectivity index (χ2v) is 6.86. The Morgan fingerprint density at radius 3 is 2.58 bits per heavy atom. The molecular formula is C10H17N5O2S2. The van der Waals surface area contributed by atoms with Gasteiger partial charge in [0, 0.05) is 12.6 Å². The molecule has 106 valence electrons. The lowest BCUT2D eigenvalue weighted by molar-refractivity contribution is -0.118. The summed E-state index contributed by atoms with van der Waals surface area (Å²) in [6, 6.07) is -0.327. The topological polar surface area (TPSA) is 96.0 Å². The van der Waals surface area contributed by atoms with Crippen LogP contribution < -0.4 is 16.0 Å². The maximum Gasteiger partial charge on any atom is 0.321 e. The summed E-state index contributed by atoms with van der Waals surface area (Å²) in [5.74, 6) is 0.194. The average Bonchev–Trinajstić information content (AvgIpc) is 2.70. The van der Waals surface area contributed by atoms with E-state index in [0.29, 0.717) is 9.47 Å². The molecule has 1 heterocycles. The van der Waals surface area contributed by atoms with Gasteiger partial charge in [0.1, 0.15) is 0 Å². The maximum atomic E-state index is 11.6. The van der Waals surface area contributed by atoms with Crippen molar-refractivity contribution in [3.05, 3.63) is 0 Å². The van der Waals surface area contributed by atoms with Gasteiger partial charge >= 0.3 is 6.03 Å². The minimum atomic E-state index is -0.327. The van der Waals surface area contributed by atoms with Gasteiger partial charge in [-0.15, -0.1) is 10.2 Å². The molecule has 0 aliphatic heterocycles. The van der Waals surface area contributed by atoms with Crippen LogP contribution in [0.3, 0.4) is 0 Å². The van der Waals surface area contributed by atoms with Crippen molar-refractivity contribution in [2.45, 2.75) is 30.6 Å². The summed E-state index contributed by atoms with van der Waals surface area (Å²) in [6.45, 7) is 5.66. The third kappa shape index (κ3) is 6.39. The van der Waals surface area contributed by atoms with E-state index < -0.39 is 0 Å². The Bertz CT molecular complexity index is 455. The number of hydrogen-bond acceptors (Lipinski definition) is 6. The summed E-state index contributed by atoms with van der Waals surface area (Å²) in [5.41, 5.74) is -0.314. The molecule has 0 aliphatic carbocycles. The minimum Gasteiger partial charge on any atom is -0.358 e. The van der Waals surface area contributed by atoms with Crippen LogP contribution in [0.25, 0.3) is 0 Å². The maximum absolute atomic E-state index is 11.6. The Kier molecular flexibility index (Phi) is 5.55. The first kappa shape index (κ1) is 15.7. The SMILES string of the molecule is CNC(=O)CSc1nnc(NC(=O)NC(C)(C)C)s1. The van der Waals surface area contributed by atoms with Crippen LogP contribution in [0.15, 0.2) is 4.34 Å². The number of carbonyl (C=O) groups excluding carboxylic acids is 2. The molecule has 0 aromatic carbocycles. The fraction of sp³-hybridized carbons (Fsp3) is 0.600. The molecule has 9 heteroatoms. The number of rotatable bonds is 4. The molecule has 1 aromatic heterocycles. The van der Waals surface area contributed by atoms with Crippen molar-refractivity contribution >= 4 is 40.2 Å². The van der Waals surface area contributed by atoms with E-state index in [1.165, 1.54) is 23.1 Å². The fourth-order valence-electron chi connectivity index (χ4n) is 0.987. The standard InChI is InChI=1S/C10H17N5O2S2/c1-10(2,3)13-7(17)12-8-14-15-9(19-8)18-5-6(16)11-4/h5H2,1-4H3,(H,11,16)(H2,12,13,14,17). The lowest BCUT2D eigenvalue weighted by atomic mass is 10.1. The number of hydrogen-bond donors (Lipinski definition) is 3. The molecule has 0 saturated heterocycles. The van der Waals surface area contributed by atoms with Crippen LogP contribution in [-0.2, 0) is 4.79 Å². The Balaban J connectivity index is 2.46. The molecule has 0 spiro atoms. The van der Waals surface area contributed by atoms with Crippen molar-refractivity contribution in [1.29, 1.82) is 0 Å². The molecule has 19 heavy (non-hydrogen) atoms. The van der Waals surface area contributed by atoms with Gasteiger partial charge in [0.25, 0.3) is 0 Å². The number of carbonyl (C=O) groups is 2.